The normalized spacial score (nSPS) is 27.0. The molecule has 1 aliphatic rings. The molecule has 0 saturated carbocycles. The van der Waals surface area contributed by atoms with Gasteiger partial charge < -0.3 is 5.11 Å². The summed E-state index contributed by atoms with van der Waals surface area (Å²) in [5, 5.41) is 10.6. The van der Waals surface area contributed by atoms with Gasteiger partial charge >= 0.3 is 0 Å². The Bertz CT molecular complexity index is 466. The van der Waals surface area contributed by atoms with Crippen LogP contribution in [0.2, 0.25) is 0 Å². The van der Waals surface area contributed by atoms with Gasteiger partial charge in [0.15, 0.2) is 11.6 Å². The van der Waals surface area contributed by atoms with E-state index in [-0.39, 0.29) is 11.6 Å². The average molecular weight is 262 g/mol. The molecule has 0 saturated heterocycles. The summed E-state index contributed by atoms with van der Waals surface area (Å²) in [4.78, 5) is 22.7. The van der Waals surface area contributed by atoms with E-state index in [4.69, 9.17) is 0 Å². The Morgan fingerprint density at radius 2 is 2.11 bits per heavy atom. The first-order valence-corrected chi connectivity index (χ1v) is 6.55. The van der Waals surface area contributed by atoms with Crippen molar-refractivity contribution in [2.75, 3.05) is 0 Å². The van der Waals surface area contributed by atoms with Crippen LogP contribution in [0.4, 0.5) is 0 Å². The van der Waals surface area contributed by atoms with Crippen molar-refractivity contribution in [1.29, 1.82) is 0 Å². The molecule has 0 aromatic heterocycles. The minimum absolute atomic E-state index is 0.0245. The molecule has 0 fully saturated rings. The van der Waals surface area contributed by atoms with Crippen molar-refractivity contribution in [2.45, 2.75) is 46.1 Å². The Labute approximate surface area is 114 Å². The number of ketones is 2. The standard InChI is InChI=1S/C16H22O3/c1-5-13(17)10-12(2)6-8-16(19)9-7-14(18)11-15(16,3)4/h6-10,19H,5,11H2,1-4H3. The Morgan fingerprint density at radius 3 is 2.63 bits per heavy atom. The van der Waals surface area contributed by atoms with E-state index < -0.39 is 11.0 Å². The smallest absolute Gasteiger partial charge is 0.156 e. The first-order valence-electron chi connectivity index (χ1n) is 6.55. The summed E-state index contributed by atoms with van der Waals surface area (Å²) in [6, 6.07) is 0. The molecule has 0 aliphatic heterocycles. The van der Waals surface area contributed by atoms with Crippen molar-refractivity contribution in [3.05, 3.63) is 36.0 Å². The maximum atomic E-state index is 11.4. The van der Waals surface area contributed by atoms with Crippen molar-refractivity contribution < 1.29 is 14.7 Å². The van der Waals surface area contributed by atoms with Crippen molar-refractivity contribution in [2.24, 2.45) is 5.41 Å². The van der Waals surface area contributed by atoms with Gasteiger partial charge in [0, 0.05) is 18.3 Å². The summed E-state index contributed by atoms with van der Waals surface area (Å²) in [6.45, 7) is 7.34. The number of allylic oxidation sites excluding steroid dienone is 4. The first-order chi connectivity index (χ1) is 8.70. The Balaban J connectivity index is 2.96. The third-order valence-electron chi connectivity index (χ3n) is 3.56. The SMILES string of the molecule is CCC(=O)C=C(C)C=CC1(O)C=CC(=O)CC1(C)C. The molecule has 3 nitrogen and oxygen atoms in total. The summed E-state index contributed by atoms with van der Waals surface area (Å²) in [5.74, 6) is 0.0827. The number of hydrogen-bond acceptors (Lipinski definition) is 3. The predicted octanol–water partition coefficient (Wildman–Crippen LogP) is 2.75. The molecule has 1 atom stereocenters. The van der Waals surface area contributed by atoms with Gasteiger partial charge in [-0.2, -0.15) is 0 Å². The highest BCUT2D eigenvalue weighted by Gasteiger charge is 2.43. The molecule has 0 bridgehead atoms. The Morgan fingerprint density at radius 1 is 1.47 bits per heavy atom. The molecule has 1 rings (SSSR count). The van der Waals surface area contributed by atoms with Crippen LogP contribution in [-0.2, 0) is 9.59 Å². The minimum Gasteiger partial charge on any atom is -0.381 e. The van der Waals surface area contributed by atoms with Gasteiger partial charge in [0.05, 0.1) is 0 Å². The van der Waals surface area contributed by atoms with Crippen LogP contribution in [0.1, 0.15) is 40.5 Å². The van der Waals surface area contributed by atoms with E-state index >= 15 is 0 Å². The molecule has 0 aromatic rings. The van der Waals surface area contributed by atoms with Crippen LogP contribution in [-0.4, -0.2) is 22.3 Å². The van der Waals surface area contributed by atoms with Crippen molar-refractivity contribution in [3.63, 3.8) is 0 Å². The molecule has 1 aliphatic carbocycles. The Hall–Kier alpha value is -1.48. The monoisotopic (exact) mass is 262 g/mol. The molecule has 1 N–H and O–H groups in total. The van der Waals surface area contributed by atoms with Gasteiger partial charge in [-0.05, 0) is 36.8 Å². The summed E-state index contributed by atoms with van der Waals surface area (Å²) in [6.07, 6.45) is 8.68. The summed E-state index contributed by atoms with van der Waals surface area (Å²) < 4.78 is 0. The van der Waals surface area contributed by atoms with Crippen LogP contribution in [0.5, 0.6) is 0 Å². The highest BCUT2D eigenvalue weighted by molar-refractivity contribution is 5.92. The van der Waals surface area contributed by atoms with Crippen molar-refractivity contribution in [3.8, 4) is 0 Å². The molecule has 104 valence electrons. The second-order valence-corrected chi connectivity index (χ2v) is 5.73. The lowest BCUT2D eigenvalue weighted by Crippen LogP contribution is -2.45. The molecule has 3 heteroatoms. The topological polar surface area (TPSA) is 54.4 Å². The van der Waals surface area contributed by atoms with Gasteiger partial charge in [-0.15, -0.1) is 0 Å². The second kappa shape index (κ2) is 5.66. The Kier molecular flexibility index (Phi) is 4.64. The van der Waals surface area contributed by atoms with Gasteiger partial charge in [0.1, 0.15) is 5.60 Å². The van der Waals surface area contributed by atoms with Gasteiger partial charge in [-0.3, -0.25) is 9.59 Å². The van der Waals surface area contributed by atoms with Crippen LogP contribution < -0.4 is 0 Å². The predicted molar refractivity (Wildman–Crippen MR) is 75.7 cm³/mol. The number of aliphatic hydroxyl groups is 1. The maximum absolute atomic E-state index is 11.4. The molecular formula is C16H22O3. The molecule has 0 heterocycles. The highest BCUT2D eigenvalue weighted by Crippen LogP contribution is 2.40. The lowest BCUT2D eigenvalue weighted by molar-refractivity contribution is -0.120. The summed E-state index contributed by atoms with van der Waals surface area (Å²) in [7, 11) is 0. The first kappa shape index (κ1) is 15.6. The van der Waals surface area contributed by atoms with Crippen LogP contribution in [0, 0.1) is 5.41 Å². The van der Waals surface area contributed by atoms with Crippen LogP contribution >= 0.6 is 0 Å². The molecule has 0 radical (unpaired) electrons. The lowest BCUT2D eigenvalue weighted by atomic mass is 9.68. The van der Waals surface area contributed by atoms with E-state index in [1.165, 1.54) is 12.2 Å². The summed E-state index contributed by atoms with van der Waals surface area (Å²) in [5.41, 5.74) is -0.920. The fraction of sp³-hybridized carbons (Fsp3) is 0.500. The third-order valence-corrected chi connectivity index (χ3v) is 3.56. The zero-order valence-electron chi connectivity index (χ0n) is 12.1. The van der Waals surface area contributed by atoms with Gasteiger partial charge in [-0.25, -0.2) is 0 Å². The summed E-state index contributed by atoms with van der Waals surface area (Å²) >= 11 is 0. The van der Waals surface area contributed by atoms with E-state index in [0.717, 1.165) is 5.57 Å². The number of rotatable bonds is 4. The van der Waals surface area contributed by atoms with E-state index in [9.17, 15) is 14.7 Å². The second-order valence-electron chi connectivity index (χ2n) is 5.73. The zero-order chi connectivity index (χ0) is 14.7. The molecule has 1 unspecified atom stereocenters. The van der Waals surface area contributed by atoms with Gasteiger partial charge in [0.25, 0.3) is 0 Å². The minimum atomic E-state index is -1.16. The van der Waals surface area contributed by atoms with Crippen LogP contribution in [0.15, 0.2) is 36.0 Å². The quantitative estimate of drug-likeness (QED) is 0.626. The van der Waals surface area contributed by atoms with Gasteiger partial charge in [0.2, 0.25) is 0 Å². The molecular weight excluding hydrogens is 240 g/mol. The van der Waals surface area contributed by atoms with Crippen molar-refractivity contribution >= 4 is 11.6 Å². The van der Waals surface area contributed by atoms with Crippen molar-refractivity contribution in [1.82, 2.24) is 0 Å². The number of hydrogen-bond donors (Lipinski definition) is 1. The maximum Gasteiger partial charge on any atom is 0.156 e. The fourth-order valence-electron chi connectivity index (χ4n) is 2.03. The van der Waals surface area contributed by atoms with E-state index in [1.807, 2.05) is 27.7 Å². The van der Waals surface area contributed by atoms with E-state index in [0.29, 0.717) is 12.8 Å². The molecule has 0 spiro atoms. The van der Waals surface area contributed by atoms with Gasteiger partial charge in [-0.1, -0.05) is 26.8 Å². The van der Waals surface area contributed by atoms with E-state index in [2.05, 4.69) is 0 Å². The largest absolute Gasteiger partial charge is 0.381 e. The highest BCUT2D eigenvalue weighted by atomic mass is 16.3. The van der Waals surface area contributed by atoms with Crippen LogP contribution in [0.25, 0.3) is 0 Å². The molecule has 19 heavy (non-hydrogen) atoms. The fourth-order valence-corrected chi connectivity index (χ4v) is 2.03. The zero-order valence-corrected chi connectivity index (χ0v) is 12.1. The molecule has 0 amide bonds. The number of carbonyl (C=O) groups is 2. The van der Waals surface area contributed by atoms with Crippen LogP contribution in [0.3, 0.4) is 0 Å². The third kappa shape index (κ3) is 3.74. The van der Waals surface area contributed by atoms with E-state index in [1.54, 1.807) is 18.2 Å². The average Bonchev–Trinajstić information content (AvgIpc) is 2.31. The molecule has 0 aromatic carbocycles. The lowest BCUT2D eigenvalue weighted by Gasteiger charge is -2.40. The number of carbonyl (C=O) groups excluding carboxylic acids is 2.